The number of carbonyl (C=O) groups is 2. The zero-order valence-electron chi connectivity index (χ0n) is 59.8. The minimum atomic E-state index is -1.49. The first-order chi connectivity index (χ1) is 50.9. The standard InChI is InChI=1S/C86H98O18/c1-6-7-32-49-92-82-79(103-83-80(98-61(2)87)76(95-55-67-43-26-13-27-44-67)73(93-53-65-39-22-11-23-40-65)70(100-83)58-89-50-62-33-16-8-17-34-62)78(97-57-69-47-30-15-31-48-69)75(72(99-82)60-91-52-64-37-20-10-21-38-64)102-84-81(104-85(88)86(3,4)5)77(96-56-68-45-28-14-29-46-68)74(94-54-66-41-24-12-25-42-66)71(101-84)59-90-51-63-35-18-9-19-36-63/h6,8-31,33-48,70-84H,1,7,32,49-60H2,2-5H3/t70-,71-,72-,73-,74+,75-,76+,77+,78+,79+,80+,81-,82+,83-,84+/m1/s1. The number of allylic oxidation sites excluding steroid dienone is 1. The Labute approximate surface area is 611 Å². The second kappa shape index (κ2) is 40.4. The summed E-state index contributed by atoms with van der Waals surface area (Å²) in [6, 6.07) is 78.1. The number of ether oxygens (including phenoxy) is 16. The van der Waals surface area contributed by atoms with Crippen LogP contribution in [0.5, 0.6) is 0 Å². The fraction of sp³-hybridized carbons (Fsp3) is 0.395. The maximum absolute atomic E-state index is 14.9. The summed E-state index contributed by atoms with van der Waals surface area (Å²) < 4.78 is 113. The predicted octanol–water partition coefficient (Wildman–Crippen LogP) is 14.4. The molecule has 8 aromatic rings. The summed E-state index contributed by atoms with van der Waals surface area (Å²) in [5.41, 5.74) is 6.01. The molecule has 550 valence electrons. The van der Waals surface area contributed by atoms with Gasteiger partial charge in [0.2, 0.25) is 0 Å². The minimum absolute atomic E-state index is 0.00118. The van der Waals surface area contributed by atoms with Gasteiger partial charge in [-0.05, 0) is 78.1 Å². The van der Waals surface area contributed by atoms with Crippen LogP contribution < -0.4 is 0 Å². The quantitative estimate of drug-likeness (QED) is 0.0202. The van der Waals surface area contributed by atoms with Crippen LogP contribution in [0.1, 0.15) is 85.0 Å². The Kier molecular flexibility index (Phi) is 29.9. The first-order valence-corrected chi connectivity index (χ1v) is 35.9. The van der Waals surface area contributed by atoms with Crippen LogP contribution in [0, 0.1) is 5.41 Å². The molecule has 104 heavy (non-hydrogen) atoms. The van der Waals surface area contributed by atoms with Crippen LogP contribution in [0.4, 0.5) is 0 Å². The van der Waals surface area contributed by atoms with Crippen LogP contribution in [0.15, 0.2) is 255 Å². The topological polar surface area (TPSA) is 182 Å². The van der Waals surface area contributed by atoms with E-state index >= 15 is 0 Å². The summed E-state index contributed by atoms with van der Waals surface area (Å²) in [7, 11) is 0. The average Bonchev–Trinajstić information content (AvgIpc) is 0.763. The van der Waals surface area contributed by atoms with Crippen molar-refractivity contribution in [2.75, 3.05) is 26.4 Å². The normalized spacial score (nSPS) is 24.8. The van der Waals surface area contributed by atoms with Gasteiger partial charge < -0.3 is 75.8 Å². The van der Waals surface area contributed by atoms with Crippen LogP contribution in [0.25, 0.3) is 0 Å². The molecule has 3 aliphatic heterocycles. The summed E-state index contributed by atoms with van der Waals surface area (Å²) in [5.74, 6) is -1.21. The molecule has 18 nitrogen and oxygen atoms in total. The molecule has 3 aliphatic rings. The number of carbonyl (C=O) groups excluding carboxylic acids is 2. The van der Waals surface area contributed by atoms with Gasteiger partial charge in [0.1, 0.15) is 61.0 Å². The van der Waals surface area contributed by atoms with Gasteiger partial charge in [0.05, 0.1) is 84.7 Å². The Hall–Kier alpha value is -8.12. The van der Waals surface area contributed by atoms with E-state index in [1.165, 1.54) is 6.92 Å². The molecule has 18 heteroatoms. The molecule has 0 saturated carbocycles. The van der Waals surface area contributed by atoms with Crippen LogP contribution in [-0.2, 0) is 138 Å². The Morgan fingerprint density at radius 3 is 0.942 bits per heavy atom. The molecule has 0 N–H and O–H groups in total. The Bertz CT molecular complexity index is 3730. The lowest BCUT2D eigenvalue weighted by Crippen LogP contribution is -2.68. The zero-order chi connectivity index (χ0) is 72.1. The third kappa shape index (κ3) is 23.2. The molecule has 0 spiro atoms. The fourth-order valence-electron chi connectivity index (χ4n) is 12.6. The number of hydrogen-bond acceptors (Lipinski definition) is 18. The van der Waals surface area contributed by atoms with Crippen molar-refractivity contribution in [2.24, 2.45) is 5.41 Å². The molecule has 0 bridgehead atoms. The summed E-state index contributed by atoms with van der Waals surface area (Å²) >= 11 is 0. The smallest absolute Gasteiger partial charge is 0.311 e. The number of hydrogen-bond donors (Lipinski definition) is 0. The molecule has 3 fully saturated rings. The van der Waals surface area contributed by atoms with E-state index < -0.39 is 109 Å². The summed E-state index contributed by atoms with van der Waals surface area (Å²) in [6.45, 7) is 11.8. The van der Waals surface area contributed by atoms with E-state index in [4.69, 9.17) is 75.8 Å². The van der Waals surface area contributed by atoms with E-state index in [9.17, 15) is 9.59 Å². The molecule has 0 radical (unpaired) electrons. The number of unbranched alkanes of at least 4 members (excludes halogenated alkanes) is 1. The van der Waals surface area contributed by atoms with Gasteiger partial charge in [0, 0.05) is 6.92 Å². The maximum atomic E-state index is 14.9. The zero-order valence-corrected chi connectivity index (χ0v) is 59.8. The molecule has 11 rings (SSSR count). The fourth-order valence-corrected chi connectivity index (χ4v) is 12.6. The Morgan fingerprint density at radius 1 is 0.346 bits per heavy atom. The maximum Gasteiger partial charge on any atom is 0.311 e. The molecule has 3 heterocycles. The molecule has 0 aromatic heterocycles. The van der Waals surface area contributed by atoms with Gasteiger partial charge in [-0.25, -0.2) is 0 Å². The van der Waals surface area contributed by atoms with Gasteiger partial charge in [0.25, 0.3) is 0 Å². The molecule has 0 unspecified atom stereocenters. The van der Waals surface area contributed by atoms with Crippen molar-refractivity contribution in [3.63, 3.8) is 0 Å². The van der Waals surface area contributed by atoms with Crippen molar-refractivity contribution in [3.05, 3.63) is 300 Å². The third-order valence-electron chi connectivity index (χ3n) is 18.0. The molecule has 0 aliphatic carbocycles. The van der Waals surface area contributed by atoms with Crippen LogP contribution in [0.3, 0.4) is 0 Å². The highest BCUT2D eigenvalue weighted by Crippen LogP contribution is 2.40. The third-order valence-corrected chi connectivity index (χ3v) is 18.0. The van der Waals surface area contributed by atoms with E-state index in [2.05, 4.69) is 6.58 Å². The lowest BCUT2D eigenvalue weighted by Gasteiger charge is -2.51. The van der Waals surface area contributed by atoms with Gasteiger partial charge in [-0.2, -0.15) is 0 Å². The highest BCUT2D eigenvalue weighted by Gasteiger charge is 2.58. The number of benzene rings is 8. The van der Waals surface area contributed by atoms with Crippen molar-refractivity contribution in [2.45, 2.75) is 186 Å². The Morgan fingerprint density at radius 2 is 0.625 bits per heavy atom. The van der Waals surface area contributed by atoms with E-state index in [1.54, 1.807) is 20.8 Å². The van der Waals surface area contributed by atoms with Gasteiger partial charge in [-0.3, -0.25) is 9.59 Å². The van der Waals surface area contributed by atoms with Crippen LogP contribution >= 0.6 is 0 Å². The molecular formula is C86H98O18. The lowest BCUT2D eigenvalue weighted by molar-refractivity contribution is -0.396. The first kappa shape index (κ1) is 77.0. The van der Waals surface area contributed by atoms with Gasteiger partial charge >= 0.3 is 11.9 Å². The average molecular weight is 1420 g/mol. The molecule has 8 aromatic carbocycles. The second-order valence-corrected chi connectivity index (χ2v) is 27.1. The minimum Gasteiger partial charge on any atom is -0.454 e. The highest BCUT2D eigenvalue weighted by atomic mass is 16.8. The SMILES string of the molecule is C=CCCCO[C@H]1O[C@H](COCc2ccccc2)[C@@H](O[C@@H]2O[C@H](COCc3ccccc3)[C@H](OCc3ccccc3)[C@H](OCc3ccccc3)[C@H]2OC(=O)C(C)(C)C)[C@H](OCc2ccccc2)[C@@H]1O[C@H]1O[C@H](COCc2ccccc2)[C@@H](OCc2ccccc2)[C@H](OCc2ccccc2)[C@@H]1OC(C)=O. The van der Waals surface area contributed by atoms with E-state index in [1.807, 2.05) is 249 Å². The van der Waals surface area contributed by atoms with Crippen molar-refractivity contribution in [1.82, 2.24) is 0 Å². The summed E-state index contributed by atoms with van der Waals surface area (Å²) in [4.78, 5) is 28.9. The summed E-state index contributed by atoms with van der Waals surface area (Å²) in [5, 5.41) is 0. The van der Waals surface area contributed by atoms with Crippen LogP contribution in [0.2, 0.25) is 0 Å². The van der Waals surface area contributed by atoms with E-state index in [-0.39, 0.29) is 79.3 Å². The predicted molar refractivity (Wildman–Crippen MR) is 389 cm³/mol. The Balaban J connectivity index is 1.05. The molecular weight excluding hydrogens is 1320 g/mol. The second-order valence-electron chi connectivity index (χ2n) is 27.1. The highest BCUT2D eigenvalue weighted by molar-refractivity contribution is 5.75. The van der Waals surface area contributed by atoms with Gasteiger partial charge in [-0.1, -0.05) is 249 Å². The van der Waals surface area contributed by atoms with Crippen LogP contribution in [-0.4, -0.2) is 130 Å². The van der Waals surface area contributed by atoms with Gasteiger partial charge in [0.15, 0.2) is 31.1 Å². The van der Waals surface area contributed by atoms with Crippen molar-refractivity contribution in [1.29, 1.82) is 0 Å². The molecule has 0 amide bonds. The number of rotatable bonds is 38. The number of esters is 2. The van der Waals surface area contributed by atoms with Crippen molar-refractivity contribution in [3.8, 4) is 0 Å². The monoisotopic (exact) mass is 1420 g/mol. The summed E-state index contributed by atoms with van der Waals surface area (Å²) in [6.07, 6.45) is -14.8. The van der Waals surface area contributed by atoms with E-state index in [0.29, 0.717) is 12.8 Å². The van der Waals surface area contributed by atoms with Gasteiger partial charge in [-0.15, -0.1) is 6.58 Å². The molecule has 15 atom stereocenters. The van der Waals surface area contributed by atoms with Crippen molar-refractivity contribution < 1.29 is 85.4 Å². The first-order valence-electron chi connectivity index (χ1n) is 35.9. The van der Waals surface area contributed by atoms with Crippen molar-refractivity contribution >= 4 is 11.9 Å². The largest absolute Gasteiger partial charge is 0.454 e. The molecule has 3 saturated heterocycles. The lowest BCUT2D eigenvalue weighted by atomic mass is 9.94. The van der Waals surface area contributed by atoms with E-state index in [0.717, 1.165) is 44.5 Å².